The molecule has 0 radical (unpaired) electrons. The van der Waals surface area contributed by atoms with Crippen LogP contribution in [0.1, 0.15) is 27.4 Å². The largest absolute Gasteiger partial charge is 0.479 e. The number of carbonyl (C=O) groups is 1. The van der Waals surface area contributed by atoms with E-state index in [1.807, 2.05) is 0 Å². The quantitative estimate of drug-likeness (QED) is 0.350. The number of hydrogen-bond donors (Lipinski definition) is 0. The predicted octanol–water partition coefficient (Wildman–Crippen LogP) is 4.83. The van der Waals surface area contributed by atoms with Crippen LogP contribution in [0.5, 0.6) is 5.75 Å². The molecule has 10 heteroatoms. The van der Waals surface area contributed by atoms with E-state index in [0.29, 0.717) is 43.5 Å². The second-order valence-electron chi connectivity index (χ2n) is 8.09. The number of rotatable bonds is 7. The molecule has 0 saturated carbocycles. The highest BCUT2D eigenvalue weighted by atomic mass is 35.5. The van der Waals surface area contributed by atoms with Crippen molar-refractivity contribution < 1.29 is 23.3 Å². The Morgan fingerprint density at radius 1 is 1.15 bits per heavy atom. The molecular weight excluding hydrogens is 465 g/mol. The van der Waals surface area contributed by atoms with Crippen molar-refractivity contribution >= 4 is 23.2 Å². The van der Waals surface area contributed by atoms with Crippen LogP contribution >= 0.6 is 11.6 Å². The molecule has 1 fully saturated rings. The van der Waals surface area contributed by atoms with E-state index in [1.54, 1.807) is 42.2 Å². The third-order valence-corrected chi connectivity index (χ3v) is 5.97. The van der Waals surface area contributed by atoms with E-state index >= 15 is 0 Å². The summed E-state index contributed by atoms with van der Waals surface area (Å²) in [6.45, 7) is 4.62. The molecule has 8 nitrogen and oxygen atoms in total. The average Bonchev–Trinajstić information content (AvgIpc) is 3.29. The summed E-state index contributed by atoms with van der Waals surface area (Å²) in [6, 6.07) is 12.3. The van der Waals surface area contributed by atoms with Gasteiger partial charge < -0.3 is 14.1 Å². The molecule has 2 aromatic carbocycles. The highest BCUT2D eigenvalue weighted by Gasteiger charge is 2.25. The molecule has 1 aromatic heterocycles. The topological polar surface area (TPSA) is 89.1 Å². The third-order valence-electron chi connectivity index (χ3n) is 5.62. The first-order valence-electron chi connectivity index (χ1n) is 10.7. The zero-order chi connectivity index (χ0) is 24.2. The van der Waals surface area contributed by atoms with Gasteiger partial charge in [-0.1, -0.05) is 23.7 Å². The van der Waals surface area contributed by atoms with Crippen molar-refractivity contribution in [3.8, 4) is 5.75 Å². The first kappa shape index (κ1) is 23.7. The van der Waals surface area contributed by atoms with E-state index in [0.717, 1.165) is 11.1 Å². The molecule has 1 aliphatic rings. The summed E-state index contributed by atoms with van der Waals surface area (Å²) in [6.07, 6.45) is 0. The van der Waals surface area contributed by atoms with Crippen LogP contribution < -0.4 is 4.74 Å². The monoisotopic (exact) mass is 487 g/mol. The summed E-state index contributed by atoms with van der Waals surface area (Å²) in [7, 11) is 0. The molecule has 0 N–H and O–H groups in total. The van der Waals surface area contributed by atoms with E-state index < -0.39 is 4.92 Å². The molecule has 1 amide bonds. The number of nitro groups is 1. The average molecular weight is 488 g/mol. The fourth-order valence-corrected chi connectivity index (χ4v) is 3.99. The van der Waals surface area contributed by atoms with Crippen LogP contribution in [0.25, 0.3) is 0 Å². The maximum atomic E-state index is 13.2. The highest BCUT2D eigenvalue weighted by molar-refractivity contribution is 6.31. The fraction of sp³-hybridized carbons (Fsp3) is 0.292. The van der Waals surface area contributed by atoms with Crippen LogP contribution in [0.2, 0.25) is 5.02 Å². The van der Waals surface area contributed by atoms with Gasteiger partial charge in [0.25, 0.3) is 5.91 Å². The zero-order valence-corrected chi connectivity index (χ0v) is 19.3. The molecule has 0 atom stereocenters. The Morgan fingerprint density at radius 2 is 1.91 bits per heavy atom. The zero-order valence-electron chi connectivity index (χ0n) is 18.5. The molecule has 0 bridgehead atoms. The lowest BCUT2D eigenvalue weighted by Crippen LogP contribution is -2.48. The summed E-state index contributed by atoms with van der Waals surface area (Å²) in [5.74, 6) is 0.114. The molecule has 4 rings (SSSR count). The van der Waals surface area contributed by atoms with Crippen LogP contribution in [-0.4, -0.2) is 46.8 Å². The third kappa shape index (κ3) is 5.55. The Bertz CT molecular complexity index is 1210. The van der Waals surface area contributed by atoms with Gasteiger partial charge in [0, 0.05) is 43.8 Å². The van der Waals surface area contributed by atoms with Gasteiger partial charge in [-0.2, -0.15) is 0 Å². The molecule has 0 aliphatic carbocycles. The molecule has 1 saturated heterocycles. The Hall–Kier alpha value is -3.43. The predicted molar refractivity (Wildman–Crippen MR) is 123 cm³/mol. The van der Waals surface area contributed by atoms with E-state index in [-0.39, 0.29) is 35.5 Å². The summed E-state index contributed by atoms with van der Waals surface area (Å²) >= 11 is 6.12. The summed E-state index contributed by atoms with van der Waals surface area (Å²) in [5.41, 5.74) is 1.47. The van der Waals surface area contributed by atoms with Crippen LogP contribution in [0, 0.1) is 22.9 Å². The normalized spacial score (nSPS) is 14.3. The van der Waals surface area contributed by atoms with Gasteiger partial charge >= 0.3 is 5.69 Å². The molecule has 1 aliphatic heterocycles. The number of benzene rings is 2. The molecular formula is C24H23ClFN3O5. The summed E-state index contributed by atoms with van der Waals surface area (Å²) in [5, 5.41) is 11.6. The van der Waals surface area contributed by atoms with E-state index in [1.165, 1.54) is 18.2 Å². The van der Waals surface area contributed by atoms with Gasteiger partial charge in [0.2, 0.25) is 0 Å². The minimum atomic E-state index is -0.497. The van der Waals surface area contributed by atoms with Gasteiger partial charge in [-0.15, -0.1) is 0 Å². The molecule has 3 aromatic rings. The number of furan rings is 1. The van der Waals surface area contributed by atoms with Gasteiger partial charge in [-0.05, 0) is 48.4 Å². The minimum absolute atomic E-state index is 0.0383. The Kier molecular flexibility index (Phi) is 7.14. The number of nitrogens with zero attached hydrogens (tertiary/aromatic N) is 3. The van der Waals surface area contributed by atoms with Gasteiger partial charge in [0.05, 0.1) is 4.92 Å². The maximum Gasteiger partial charge on any atom is 0.311 e. The molecule has 2 heterocycles. The van der Waals surface area contributed by atoms with Crippen molar-refractivity contribution in [3.63, 3.8) is 0 Å². The number of hydrogen-bond acceptors (Lipinski definition) is 6. The fourth-order valence-electron chi connectivity index (χ4n) is 3.77. The number of aryl methyl sites for hydroxylation is 1. The van der Waals surface area contributed by atoms with Gasteiger partial charge in [-0.3, -0.25) is 19.8 Å². The number of piperazine rings is 1. The highest BCUT2D eigenvalue weighted by Crippen LogP contribution is 2.29. The second kappa shape index (κ2) is 10.2. The standard InChI is InChI=1S/C24H23ClFN3O5/c1-16-2-6-22(21(12-16)29(31)32)33-15-19-5-7-23(34-19)24(30)28-10-8-27(9-11-28)14-17-3-4-18(26)13-20(17)25/h2-7,12-13H,8-11,14-15H2,1H3. The van der Waals surface area contributed by atoms with Crippen molar-refractivity contribution in [3.05, 3.63) is 92.1 Å². The first-order chi connectivity index (χ1) is 16.3. The molecule has 178 valence electrons. The van der Waals surface area contributed by atoms with Crippen LogP contribution in [-0.2, 0) is 13.2 Å². The molecule has 34 heavy (non-hydrogen) atoms. The second-order valence-corrected chi connectivity index (χ2v) is 8.49. The van der Waals surface area contributed by atoms with E-state index in [9.17, 15) is 19.3 Å². The SMILES string of the molecule is Cc1ccc(OCc2ccc(C(=O)N3CCN(Cc4ccc(F)cc4Cl)CC3)o2)c([N+](=O)[O-])c1. The maximum absolute atomic E-state index is 13.2. The van der Waals surface area contributed by atoms with E-state index in [2.05, 4.69) is 4.90 Å². The number of ether oxygens (including phenoxy) is 1. The summed E-state index contributed by atoms with van der Waals surface area (Å²) < 4.78 is 24.4. The lowest BCUT2D eigenvalue weighted by atomic mass is 10.2. The summed E-state index contributed by atoms with van der Waals surface area (Å²) in [4.78, 5) is 27.4. The number of amides is 1. The van der Waals surface area contributed by atoms with Crippen LogP contribution in [0.4, 0.5) is 10.1 Å². The van der Waals surface area contributed by atoms with Crippen molar-refractivity contribution in [1.82, 2.24) is 9.80 Å². The van der Waals surface area contributed by atoms with Crippen molar-refractivity contribution in [2.75, 3.05) is 26.2 Å². The Morgan fingerprint density at radius 3 is 2.62 bits per heavy atom. The smallest absolute Gasteiger partial charge is 0.311 e. The van der Waals surface area contributed by atoms with Crippen LogP contribution in [0.3, 0.4) is 0 Å². The number of nitro benzene ring substituents is 1. The molecule has 0 spiro atoms. The first-order valence-corrected chi connectivity index (χ1v) is 11.1. The van der Waals surface area contributed by atoms with Crippen LogP contribution in [0.15, 0.2) is 52.9 Å². The van der Waals surface area contributed by atoms with Gasteiger partial charge in [-0.25, -0.2) is 4.39 Å². The van der Waals surface area contributed by atoms with Crippen molar-refractivity contribution in [1.29, 1.82) is 0 Å². The molecule has 0 unspecified atom stereocenters. The Balaban J connectivity index is 1.31. The number of halogens is 2. The lowest BCUT2D eigenvalue weighted by molar-refractivity contribution is -0.386. The number of carbonyl (C=O) groups excluding carboxylic acids is 1. The minimum Gasteiger partial charge on any atom is -0.479 e. The van der Waals surface area contributed by atoms with Crippen molar-refractivity contribution in [2.45, 2.75) is 20.1 Å². The lowest BCUT2D eigenvalue weighted by Gasteiger charge is -2.34. The van der Waals surface area contributed by atoms with Crippen molar-refractivity contribution in [2.24, 2.45) is 0 Å². The van der Waals surface area contributed by atoms with Gasteiger partial charge in [0.15, 0.2) is 11.5 Å². The van der Waals surface area contributed by atoms with Gasteiger partial charge in [0.1, 0.15) is 18.2 Å². The van der Waals surface area contributed by atoms with E-state index in [4.69, 9.17) is 20.8 Å². The Labute approximate surface area is 200 Å².